The molecule has 0 spiro atoms. The van der Waals surface area contributed by atoms with E-state index in [2.05, 4.69) is 34.2 Å². The molecule has 8 heteroatoms. The molecule has 3 rings (SSSR count). The number of nitrogens with two attached hydrogens (primary N) is 1. The van der Waals surface area contributed by atoms with E-state index in [1.54, 1.807) is 0 Å². The zero-order valence-electron chi connectivity index (χ0n) is 12.8. The van der Waals surface area contributed by atoms with Crippen LogP contribution in [0.2, 0.25) is 0 Å². The van der Waals surface area contributed by atoms with Crippen LogP contribution in [0.15, 0.2) is 41.0 Å². The topological polar surface area (TPSA) is 98.0 Å². The maximum absolute atomic E-state index is 11.6. The van der Waals surface area contributed by atoms with E-state index in [0.717, 1.165) is 21.3 Å². The summed E-state index contributed by atoms with van der Waals surface area (Å²) in [4.78, 5) is 31.8. The number of hydrogen-bond acceptors (Lipinski definition) is 6. The van der Waals surface area contributed by atoms with Gasteiger partial charge in [0.15, 0.2) is 0 Å². The van der Waals surface area contributed by atoms with Crippen LogP contribution in [-0.4, -0.2) is 27.7 Å². The van der Waals surface area contributed by atoms with Crippen LogP contribution < -0.4 is 11.1 Å². The summed E-state index contributed by atoms with van der Waals surface area (Å²) in [5, 5.41) is 5.71. The highest BCUT2D eigenvalue weighted by Gasteiger charge is 2.15. The Balaban J connectivity index is 1.94. The predicted molar refractivity (Wildman–Crippen MR) is 96.0 cm³/mol. The van der Waals surface area contributed by atoms with Gasteiger partial charge in [-0.3, -0.25) is 10.1 Å². The lowest BCUT2D eigenvalue weighted by molar-refractivity contribution is -0.117. The molecule has 122 valence electrons. The standard InChI is InChI=1S/C16H14N4O2S2/c1-9-2-4-10(5-3-9)11-6-23-14-13(11)15(19-8-18-14)24-7-12(21)20-16(17)22/h2-6,8H,7H2,1H3,(H3,17,20,21,22). The average Bonchev–Trinajstić information content (AvgIpc) is 2.97. The molecule has 3 amide bonds. The number of fused-ring (bicyclic) bond motifs is 1. The first-order valence-electron chi connectivity index (χ1n) is 7.06. The SMILES string of the molecule is Cc1ccc(-c2csc3ncnc(SCC(=O)NC(N)=O)c23)cc1. The van der Waals surface area contributed by atoms with Crippen molar-refractivity contribution in [1.29, 1.82) is 0 Å². The van der Waals surface area contributed by atoms with Gasteiger partial charge >= 0.3 is 6.03 Å². The Hall–Kier alpha value is -2.45. The summed E-state index contributed by atoms with van der Waals surface area (Å²) in [6.45, 7) is 2.04. The normalized spacial score (nSPS) is 10.7. The molecule has 0 unspecified atom stereocenters. The second kappa shape index (κ2) is 6.98. The zero-order chi connectivity index (χ0) is 17.1. The minimum Gasteiger partial charge on any atom is -0.351 e. The monoisotopic (exact) mass is 358 g/mol. The highest BCUT2D eigenvalue weighted by Crippen LogP contribution is 2.37. The first-order valence-corrected chi connectivity index (χ1v) is 8.92. The van der Waals surface area contributed by atoms with Crippen molar-refractivity contribution in [3.63, 3.8) is 0 Å². The number of primary amides is 1. The van der Waals surface area contributed by atoms with E-state index in [-0.39, 0.29) is 5.75 Å². The molecule has 2 heterocycles. The van der Waals surface area contributed by atoms with Gasteiger partial charge in [-0.1, -0.05) is 41.6 Å². The van der Waals surface area contributed by atoms with Crippen LogP contribution in [0, 0.1) is 6.92 Å². The second-order valence-electron chi connectivity index (χ2n) is 5.08. The number of thiophene rings is 1. The van der Waals surface area contributed by atoms with Crippen molar-refractivity contribution >= 4 is 45.3 Å². The van der Waals surface area contributed by atoms with Gasteiger partial charge in [0, 0.05) is 10.9 Å². The number of thioether (sulfide) groups is 1. The van der Waals surface area contributed by atoms with Crippen molar-refractivity contribution in [3.8, 4) is 11.1 Å². The molecule has 1 aromatic carbocycles. The van der Waals surface area contributed by atoms with E-state index >= 15 is 0 Å². The number of nitrogens with zero attached hydrogens (tertiary/aromatic N) is 2. The summed E-state index contributed by atoms with van der Waals surface area (Å²) in [6.07, 6.45) is 1.48. The maximum atomic E-state index is 11.6. The number of amides is 3. The van der Waals surface area contributed by atoms with Crippen molar-refractivity contribution in [2.75, 3.05) is 5.75 Å². The van der Waals surface area contributed by atoms with Crippen LogP contribution in [0.5, 0.6) is 0 Å². The second-order valence-corrected chi connectivity index (χ2v) is 6.90. The van der Waals surface area contributed by atoms with E-state index in [9.17, 15) is 9.59 Å². The minimum absolute atomic E-state index is 0.0538. The fourth-order valence-electron chi connectivity index (χ4n) is 2.21. The van der Waals surface area contributed by atoms with E-state index in [0.29, 0.717) is 5.03 Å². The number of rotatable bonds is 4. The first kappa shape index (κ1) is 16.4. The molecule has 0 fully saturated rings. The van der Waals surface area contributed by atoms with Gasteiger partial charge in [-0.25, -0.2) is 14.8 Å². The molecule has 0 radical (unpaired) electrons. The number of hydrogen-bond donors (Lipinski definition) is 2. The number of aromatic nitrogens is 2. The molecule has 24 heavy (non-hydrogen) atoms. The Kier molecular flexibility index (Phi) is 4.77. The molecule has 0 aliphatic carbocycles. The Morgan fingerprint density at radius 3 is 2.71 bits per heavy atom. The number of nitrogens with one attached hydrogen (secondary N) is 1. The summed E-state index contributed by atoms with van der Waals surface area (Å²) in [6, 6.07) is 7.35. The number of urea groups is 1. The fourth-order valence-corrected chi connectivity index (χ4v) is 4.00. The van der Waals surface area contributed by atoms with Crippen molar-refractivity contribution in [3.05, 3.63) is 41.5 Å². The smallest absolute Gasteiger partial charge is 0.318 e. The number of carbonyl (C=O) groups excluding carboxylic acids is 2. The lowest BCUT2D eigenvalue weighted by atomic mass is 10.1. The molecule has 2 aromatic heterocycles. The predicted octanol–water partition coefficient (Wildman–Crippen LogP) is 2.95. The molecular formula is C16H14N4O2S2. The fraction of sp³-hybridized carbons (Fsp3) is 0.125. The third-order valence-corrected chi connectivity index (χ3v) is 5.18. The summed E-state index contributed by atoms with van der Waals surface area (Å²) in [5.41, 5.74) is 8.24. The molecule has 3 N–H and O–H groups in total. The molecule has 0 aliphatic heterocycles. The minimum atomic E-state index is -0.857. The largest absolute Gasteiger partial charge is 0.351 e. The number of carbonyl (C=O) groups is 2. The third-order valence-electron chi connectivity index (χ3n) is 3.30. The lowest BCUT2D eigenvalue weighted by Crippen LogP contribution is -2.36. The molecule has 0 aliphatic rings. The lowest BCUT2D eigenvalue weighted by Gasteiger charge is -2.05. The van der Waals surface area contributed by atoms with Gasteiger partial charge in [0.25, 0.3) is 0 Å². The average molecular weight is 358 g/mol. The van der Waals surface area contributed by atoms with Gasteiger partial charge in [0.1, 0.15) is 16.2 Å². The van der Waals surface area contributed by atoms with E-state index in [1.165, 1.54) is 35.0 Å². The third kappa shape index (κ3) is 3.55. The summed E-state index contributed by atoms with van der Waals surface area (Å²) >= 11 is 2.79. The zero-order valence-corrected chi connectivity index (χ0v) is 14.4. The molecular weight excluding hydrogens is 344 g/mol. The van der Waals surface area contributed by atoms with Gasteiger partial charge in [0.05, 0.1) is 11.1 Å². The molecule has 0 atom stereocenters. The van der Waals surface area contributed by atoms with Crippen LogP contribution in [0.25, 0.3) is 21.3 Å². The highest BCUT2D eigenvalue weighted by molar-refractivity contribution is 8.00. The quantitative estimate of drug-likeness (QED) is 0.552. The molecule has 0 saturated carbocycles. The molecule has 3 aromatic rings. The van der Waals surface area contributed by atoms with E-state index in [1.807, 2.05) is 17.6 Å². The Morgan fingerprint density at radius 2 is 2.00 bits per heavy atom. The molecule has 0 saturated heterocycles. The van der Waals surface area contributed by atoms with Crippen molar-refractivity contribution in [2.24, 2.45) is 5.73 Å². The van der Waals surface area contributed by atoms with Crippen LogP contribution in [0.4, 0.5) is 4.79 Å². The van der Waals surface area contributed by atoms with Gasteiger partial charge in [-0.2, -0.15) is 0 Å². The summed E-state index contributed by atoms with van der Waals surface area (Å²) in [5.74, 6) is -0.399. The van der Waals surface area contributed by atoms with Crippen molar-refractivity contribution < 1.29 is 9.59 Å². The van der Waals surface area contributed by atoms with Crippen LogP contribution in [0.3, 0.4) is 0 Å². The molecule has 0 bridgehead atoms. The summed E-state index contributed by atoms with van der Waals surface area (Å²) < 4.78 is 0. The Labute approximate surface area is 146 Å². The van der Waals surface area contributed by atoms with E-state index < -0.39 is 11.9 Å². The number of imide groups is 1. The van der Waals surface area contributed by atoms with Crippen LogP contribution in [0.1, 0.15) is 5.56 Å². The Morgan fingerprint density at radius 1 is 1.25 bits per heavy atom. The van der Waals surface area contributed by atoms with Crippen molar-refractivity contribution in [2.45, 2.75) is 11.9 Å². The number of benzene rings is 1. The van der Waals surface area contributed by atoms with Gasteiger partial charge in [-0.15, -0.1) is 11.3 Å². The number of aryl methyl sites for hydroxylation is 1. The van der Waals surface area contributed by atoms with Crippen LogP contribution >= 0.6 is 23.1 Å². The van der Waals surface area contributed by atoms with Gasteiger partial charge in [0.2, 0.25) is 5.91 Å². The Bertz CT molecular complexity index is 906. The first-order chi connectivity index (χ1) is 11.5. The highest BCUT2D eigenvalue weighted by atomic mass is 32.2. The van der Waals surface area contributed by atoms with Gasteiger partial charge < -0.3 is 5.73 Å². The summed E-state index contributed by atoms with van der Waals surface area (Å²) in [7, 11) is 0. The molecule has 6 nitrogen and oxygen atoms in total. The van der Waals surface area contributed by atoms with E-state index in [4.69, 9.17) is 5.73 Å². The maximum Gasteiger partial charge on any atom is 0.318 e. The van der Waals surface area contributed by atoms with Crippen LogP contribution in [-0.2, 0) is 4.79 Å². The van der Waals surface area contributed by atoms with Gasteiger partial charge in [-0.05, 0) is 12.5 Å². The van der Waals surface area contributed by atoms with Crippen molar-refractivity contribution in [1.82, 2.24) is 15.3 Å².